The van der Waals surface area contributed by atoms with E-state index < -0.39 is 0 Å². The third-order valence-electron chi connectivity index (χ3n) is 3.86. The van der Waals surface area contributed by atoms with Gasteiger partial charge in [-0.15, -0.1) is 0 Å². The van der Waals surface area contributed by atoms with Gasteiger partial charge in [-0.25, -0.2) is 9.18 Å². The van der Waals surface area contributed by atoms with E-state index in [-0.39, 0.29) is 17.9 Å². The highest BCUT2D eigenvalue weighted by atomic mass is 19.1. The number of amides is 2. The van der Waals surface area contributed by atoms with E-state index in [0.29, 0.717) is 12.1 Å². The predicted octanol–water partition coefficient (Wildman–Crippen LogP) is 4.04. The summed E-state index contributed by atoms with van der Waals surface area (Å²) in [4.78, 5) is 13.8. The lowest BCUT2D eigenvalue weighted by Crippen LogP contribution is -2.38. The first-order chi connectivity index (χ1) is 10.5. The number of halogens is 1. The van der Waals surface area contributed by atoms with Gasteiger partial charge in [0.1, 0.15) is 5.82 Å². The highest BCUT2D eigenvalue weighted by Gasteiger charge is 2.16. The summed E-state index contributed by atoms with van der Waals surface area (Å²) in [5.74, 6) is -0.252. The molecule has 116 valence electrons. The van der Waals surface area contributed by atoms with Gasteiger partial charge in [0, 0.05) is 13.6 Å². The van der Waals surface area contributed by atoms with Gasteiger partial charge in [-0.1, -0.05) is 42.5 Å². The van der Waals surface area contributed by atoms with Crippen LogP contribution in [0.5, 0.6) is 0 Å². The first-order valence-electron chi connectivity index (χ1n) is 7.29. The molecule has 2 rings (SSSR count). The van der Waals surface area contributed by atoms with Crippen LogP contribution in [-0.4, -0.2) is 18.0 Å². The normalized spacial score (nSPS) is 11.8. The molecule has 0 fully saturated rings. The fraction of sp³-hybridized carbons (Fsp3) is 0.278. The number of rotatable bonds is 4. The summed E-state index contributed by atoms with van der Waals surface area (Å²) >= 11 is 0. The van der Waals surface area contributed by atoms with Gasteiger partial charge in [-0.05, 0) is 36.6 Å². The van der Waals surface area contributed by atoms with E-state index in [1.54, 1.807) is 24.9 Å². The lowest BCUT2D eigenvalue weighted by Gasteiger charge is -2.25. The second-order valence-corrected chi connectivity index (χ2v) is 5.44. The zero-order valence-corrected chi connectivity index (χ0v) is 13.1. The molecule has 0 saturated carbocycles. The molecule has 0 aliphatic rings. The molecule has 0 aliphatic carbocycles. The monoisotopic (exact) mass is 300 g/mol. The standard InChI is InChI=1S/C18H21FN2O/c1-13-9-10-15(11-17(13)19)12-20-18(22)21(3)14(2)16-7-5-4-6-8-16/h4-11,14H,12H2,1-3H3,(H,20,22). The maximum absolute atomic E-state index is 13.5. The number of carbonyl (C=O) groups is 1. The number of nitrogens with one attached hydrogen (secondary N) is 1. The van der Waals surface area contributed by atoms with Crippen LogP contribution in [-0.2, 0) is 6.54 Å². The fourth-order valence-corrected chi connectivity index (χ4v) is 2.18. The van der Waals surface area contributed by atoms with Gasteiger partial charge < -0.3 is 10.2 Å². The molecule has 0 saturated heterocycles. The lowest BCUT2D eigenvalue weighted by atomic mass is 10.1. The number of hydrogen-bond donors (Lipinski definition) is 1. The molecular formula is C18H21FN2O. The van der Waals surface area contributed by atoms with Crippen LogP contribution in [0.4, 0.5) is 9.18 Å². The van der Waals surface area contributed by atoms with Crippen molar-refractivity contribution in [1.82, 2.24) is 10.2 Å². The van der Waals surface area contributed by atoms with Gasteiger partial charge in [0.25, 0.3) is 0 Å². The van der Waals surface area contributed by atoms with E-state index in [4.69, 9.17) is 0 Å². The summed E-state index contributed by atoms with van der Waals surface area (Å²) in [5, 5.41) is 2.82. The summed E-state index contributed by atoms with van der Waals surface area (Å²) in [6.07, 6.45) is 0. The summed E-state index contributed by atoms with van der Waals surface area (Å²) in [6, 6.07) is 14.6. The molecule has 4 heteroatoms. The van der Waals surface area contributed by atoms with Gasteiger partial charge in [-0.2, -0.15) is 0 Å². The van der Waals surface area contributed by atoms with Crippen molar-refractivity contribution in [2.45, 2.75) is 26.4 Å². The average Bonchev–Trinajstić information content (AvgIpc) is 2.55. The number of urea groups is 1. The first-order valence-corrected chi connectivity index (χ1v) is 7.29. The minimum absolute atomic E-state index is 0.0315. The molecule has 0 radical (unpaired) electrons. The van der Waals surface area contributed by atoms with E-state index in [1.807, 2.05) is 43.3 Å². The lowest BCUT2D eigenvalue weighted by molar-refractivity contribution is 0.194. The highest BCUT2D eigenvalue weighted by Crippen LogP contribution is 2.18. The Kier molecular flexibility index (Phi) is 5.15. The zero-order valence-electron chi connectivity index (χ0n) is 13.1. The molecule has 22 heavy (non-hydrogen) atoms. The highest BCUT2D eigenvalue weighted by molar-refractivity contribution is 5.74. The molecule has 2 aromatic rings. The van der Waals surface area contributed by atoms with Crippen LogP contribution < -0.4 is 5.32 Å². The van der Waals surface area contributed by atoms with Crippen LogP contribution in [0.2, 0.25) is 0 Å². The first kappa shape index (κ1) is 16.0. The largest absolute Gasteiger partial charge is 0.334 e. The summed E-state index contributed by atoms with van der Waals surface area (Å²) in [5.41, 5.74) is 2.42. The van der Waals surface area contributed by atoms with Crippen LogP contribution in [0.3, 0.4) is 0 Å². The topological polar surface area (TPSA) is 32.3 Å². The maximum Gasteiger partial charge on any atom is 0.317 e. The molecule has 1 unspecified atom stereocenters. The van der Waals surface area contributed by atoms with Crippen molar-refractivity contribution in [1.29, 1.82) is 0 Å². The van der Waals surface area contributed by atoms with Gasteiger partial charge in [0.2, 0.25) is 0 Å². The minimum atomic E-state index is -0.252. The molecule has 0 bridgehead atoms. The third-order valence-corrected chi connectivity index (χ3v) is 3.86. The number of nitrogens with zero attached hydrogens (tertiary/aromatic N) is 1. The van der Waals surface area contributed by atoms with E-state index in [1.165, 1.54) is 6.07 Å². The SMILES string of the molecule is Cc1ccc(CNC(=O)N(C)C(C)c2ccccc2)cc1F. The molecule has 2 amide bonds. The molecule has 2 aromatic carbocycles. The molecule has 0 spiro atoms. The molecule has 1 atom stereocenters. The zero-order chi connectivity index (χ0) is 16.1. The van der Waals surface area contributed by atoms with E-state index in [2.05, 4.69) is 5.32 Å². The predicted molar refractivity (Wildman–Crippen MR) is 86.0 cm³/mol. The van der Waals surface area contributed by atoms with Crippen molar-refractivity contribution in [2.24, 2.45) is 0 Å². The molecular weight excluding hydrogens is 279 g/mol. The molecule has 3 nitrogen and oxygen atoms in total. The number of benzene rings is 2. The van der Waals surface area contributed by atoms with Crippen molar-refractivity contribution in [3.63, 3.8) is 0 Å². The Hall–Kier alpha value is -2.36. The summed E-state index contributed by atoms with van der Waals surface area (Å²) in [6.45, 7) is 4.00. The Bertz CT molecular complexity index is 643. The smallest absolute Gasteiger partial charge is 0.317 e. The minimum Gasteiger partial charge on any atom is -0.334 e. The van der Waals surface area contributed by atoms with Gasteiger partial charge >= 0.3 is 6.03 Å². The van der Waals surface area contributed by atoms with Crippen molar-refractivity contribution in [3.8, 4) is 0 Å². The van der Waals surface area contributed by atoms with E-state index in [9.17, 15) is 9.18 Å². The Morgan fingerprint density at radius 3 is 2.55 bits per heavy atom. The molecule has 0 aliphatic heterocycles. The Labute approximate surface area is 130 Å². The average molecular weight is 300 g/mol. The van der Waals surface area contributed by atoms with Crippen LogP contribution in [0, 0.1) is 12.7 Å². The van der Waals surface area contributed by atoms with Gasteiger partial charge in [-0.3, -0.25) is 0 Å². The second kappa shape index (κ2) is 7.07. The van der Waals surface area contributed by atoms with Crippen molar-refractivity contribution in [3.05, 3.63) is 71.0 Å². The third kappa shape index (κ3) is 3.85. The van der Waals surface area contributed by atoms with Crippen molar-refractivity contribution < 1.29 is 9.18 Å². The Balaban J connectivity index is 1.95. The second-order valence-electron chi connectivity index (χ2n) is 5.44. The van der Waals surface area contributed by atoms with Crippen LogP contribution in [0.15, 0.2) is 48.5 Å². The van der Waals surface area contributed by atoms with Crippen molar-refractivity contribution >= 4 is 6.03 Å². The fourth-order valence-electron chi connectivity index (χ4n) is 2.18. The van der Waals surface area contributed by atoms with Crippen LogP contribution in [0.1, 0.15) is 29.7 Å². The molecule has 0 aromatic heterocycles. The van der Waals surface area contributed by atoms with Crippen molar-refractivity contribution in [2.75, 3.05) is 7.05 Å². The van der Waals surface area contributed by atoms with Gasteiger partial charge in [0.15, 0.2) is 0 Å². The maximum atomic E-state index is 13.5. The number of carbonyl (C=O) groups excluding carboxylic acids is 1. The Morgan fingerprint density at radius 2 is 1.91 bits per heavy atom. The van der Waals surface area contributed by atoms with E-state index in [0.717, 1.165) is 11.1 Å². The number of aryl methyl sites for hydroxylation is 1. The van der Waals surface area contributed by atoms with E-state index >= 15 is 0 Å². The van der Waals surface area contributed by atoms with Crippen LogP contribution in [0.25, 0.3) is 0 Å². The number of hydrogen-bond acceptors (Lipinski definition) is 1. The van der Waals surface area contributed by atoms with Crippen LogP contribution >= 0.6 is 0 Å². The van der Waals surface area contributed by atoms with Gasteiger partial charge in [0.05, 0.1) is 6.04 Å². The summed E-state index contributed by atoms with van der Waals surface area (Å²) in [7, 11) is 1.75. The summed E-state index contributed by atoms with van der Waals surface area (Å²) < 4.78 is 13.5. The quantitative estimate of drug-likeness (QED) is 0.908. The Morgan fingerprint density at radius 1 is 1.23 bits per heavy atom. The molecule has 1 N–H and O–H groups in total. The molecule has 0 heterocycles.